The molecule has 0 atom stereocenters. The van der Waals surface area contributed by atoms with E-state index in [-0.39, 0.29) is 18.0 Å². The Labute approximate surface area is 155 Å². The van der Waals surface area contributed by atoms with E-state index in [0.717, 1.165) is 29.7 Å². The second kappa shape index (κ2) is 6.66. The van der Waals surface area contributed by atoms with Crippen molar-refractivity contribution in [3.63, 3.8) is 0 Å². The first-order chi connectivity index (χ1) is 12.5. The van der Waals surface area contributed by atoms with Gasteiger partial charge in [0.05, 0.1) is 18.6 Å². The molecule has 0 saturated carbocycles. The lowest BCUT2D eigenvalue weighted by Crippen LogP contribution is -2.38. The van der Waals surface area contributed by atoms with Crippen molar-refractivity contribution in [2.45, 2.75) is 19.9 Å². The third kappa shape index (κ3) is 3.04. The Morgan fingerprint density at radius 3 is 3.04 bits per heavy atom. The second-order valence-electron chi connectivity index (χ2n) is 6.71. The number of aryl methyl sites for hydroxylation is 1. The number of nitrogens with zero attached hydrogens (tertiary/aromatic N) is 3. The fraction of sp³-hybridized carbons (Fsp3) is 0.316. The van der Waals surface area contributed by atoms with Crippen LogP contribution in [0, 0.1) is 6.92 Å². The van der Waals surface area contributed by atoms with Crippen molar-refractivity contribution in [1.29, 1.82) is 0 Å². The molecule has 1 aromatic carbocycles. The molecule has 3 heterocycles. The fourth-order valence-corrected chi connectivity index (χ4v) is 4.27. The Morgan fingerprint density at radius 1 is 1.38 bits per heavy atom. The van der Waals surface area contributed by atoms with Crippen LogP contribution in [0.25, 0.3) is 10.2 Å². The van der Waals surface area contributed by atoms with Gasteiger partial charge >= 0.3 is 0 Å². The molecule has 1 amide bonds. The first-order valence-electron chi connectivity index (χ1n) is 8.57. The van der Waals surface area contributed by atoms with Crippen LogP contribution in [0.2, 0.25) is 0 Å². The van der Waals surface area contributed by atoms with E-state index in [2.05, 4.69) is 16.0 Å². The summed E-state index contributed by atoms with van der Waals surface area (Å²) in [6.07, 6.45) is 0.897. The largest absolute Gasteiger partial charge is 0.311 e. The average Bonchev–Trinajstić information content (AvgIpc) is 3.19. The Hall–Kier alpha value is -2.51. The fourth-order valence-electron chi connectivity index (χ4n) is 3.39. The molecule has 0 bridgehead atoms. The quantitative estimate of drug-likeness (QED) is 0.767. The summed E-state index contributed by atoms with van der Waals surface area (Å²) in [5, 5.41) is 1.94. The number of fused-ring (bicyclic) bond motifs is 2. The van der Waals surface area contributed by atoms with Gasteiger partial charge in [0, 0.05) is 12.2 Å². The zero-order chi connectivity index (χ0) is 18.3. The molecule has 2 aromatic heterocycles. The number of rotatable bonds is 4. The van der Waals surface area contributed by atoms with Gasteiger partial charge in [-0.2, -0.15) is 0 Å². The van der Waals surface area contributed by atoms with Gasteiger partial charge < -0.3 is 9.88 Å². The van der Waals surface area contributed by atoms with Gasteiger partial charge in [-0.1, -0.05) is 18.2 Å². The van der Waals surface area contributed by atoms with Crippen molar-refractivity contribution < 1.29 is 4.79 Å². The molecule has 1 aliphatic heterocycles. The van der Waals surface area contributed by atoms with E-state index < -0.39 is 0 Å². The molecule has 0 unspecified atom stereocenters. The van der Waals surface area contributed by atoms with Gasteiger partial charge in [0.25, 0.3) is 5.56 Å². The predicted molar refractivity (Wildman–Crippen MR) is 104 cm³/mol. The highest BCUT2D eigenvalue weighted by molar-refractivity contribution is 7.17. The van der Waals surface area contributed by atoms with E-state index in [0.29, 0.717) is 17.1 Å². The minimum absolute atomic E-state index is 0.0626. The van der Waals surface area contributed by atoms with Crippen LogP contribution in [-0.4, -0.2) is 40.9 Å². The van der Waals surface area contributed by atoms with E-state index >= 15 is 0 Å². The summed E-state index contributed by atoms with van der Waals surface area (Å²) in [6.45, 7) is 3.37. The lowest BCUT2D eigenvalue weighted by molar-refractivity contribution is -0.119. The van der Waals surface area contributed by atoms with Crippen LogP contribution in [0.15, 0.2) is 34.4 Å². The minimum Gasteiger partial charge on any atom is -0.311 e. The molecular formula is C19H20N4O2S. The Morgan fingerprint density at radius 2 is 2.19 bits per heavy atom. The third-order valence-electron chi connectivity index (χ3n) is 4.67. The van der Waals surface area contributed by atoms with Gasteiger partial charge in [0.15, 0.2) is 0 Å². The molecule has 0 saturated heterocycles. The first-order valence-corrected chi connectivity index (χ1v) is 9.44. The van der Waals surface area contributed by atoms with E-state index in [1.54, 1.807) is 0 Å². The maximum absolute atomic E-state index is 12.7. The molecular weight excluding hydrogens is 348 g/mol. The van der Waals surface area contributed by atoms with Crippen molar-refractivity contribution in [2.24, 2.45) is 0 Å². The van der Waals surface area contributed by atoms with Crippen LogP contribution in [0.1, 0.15) is 17.0 Å². The number of thiophene rings is 1. The number of amides is 1. The molecule has 1 aliphatic rings. The monoisotopic (exact) mass is 368 g/mol. The second-order valence-corrected chi connectivity index (χ2v) is 7.59. The maximum Gasteiger partial charge on any atom is 0.268 e. The summed E-state index contributed by atoms with van der Waals surface area (Å²) in [7, 11) is 1.87. The molecule has 6 nitrogen and oxygen atoms in total. The summed E-state index contributed by atoms with van der Waals surface area (Å²) in [4.78, 5) is 36.0. The summed E-state index contributed by atoms with van der Waals surface area (Å²) in [5.74, 6) is 0.647. The van der Waals surface area contributed by atoms with Crippen molar-refractivity contribution in [1.82, 2.24) is 14.9 Å². The van der Waals surface area contributed by atoms with E-state index in [1.165, 1.54) is 16.9 Å². The van der Waals surface area contributed by atoms with Gasteiger partial charge in [-0.05, 0) is 43.0 Å². The van der Waals surface area contributed by atoms with Crippen LogP contribution >= 0.6 is 11.3 Å². The van der Waals surface area contributed by atoms with Gasteiger partial charge in [-0.15, -0.1) is 11.3 Å². The van der Waals surface area contributed by atoms with Gasteiger partial charge in [0.1, 0.15) is 10.5 Å². The highest BCUT2D eigenvalue weighted by Crippen LogP contribution is 2.27. The molecule has 4 rings (SSSR count). The molecule has 0 fully saturated rings. The van der Waals surface area contributed by atoms with Crippen LogP contribution in [0.5, 0.6) is 0 Å². The summed E-state index contributed by atoms with van der Waals surface area (Å²) in [6, 6.07) is 8.02. The predicted octanol–water partition coefficient (Wildman–Crippen LogP) is 2.31. The standard InChI is InChI=1S/C19H20N4O2S/c1-12-11-26-18-17(12)20-15(21-19(18)25)9-22(2)10-16(24)23-8-7-13-5-3-4-6-14(13)23/h3-6,11H,7-10H2,1-2H3,(H,20,21,25). The Kier molecular flexibility index (Phi) is 4.34. The number of benzene rings is 1. The number of carbonyl (C=O) groups is 1. The number of aromatic amines is 1. The third-order valence-corrected chi connectivity index (χ3v) is 5.75. The number of hydrogen-bond acceptors (Lipinski definition) is 5. The maximum atomic E-state index is 12.7. The number of para-hydroxylation sites is 1. The van der Waals surface area contributed by atoms with Crippen molar-refractivity contribution in [3.8, 4) is 0 Å². The smallest absolute Gasteiger partial charge is 0.268 e. The molecule has 0 radical (unpaired) electrons. The number of nitrogens with one attached hydrogen (secondary N) is 1. The number of likely N-dealkylation sites (N-methyl/N-ethyl adjacent to an activating group) is 1. The van der Waals surface area contributed by atoms with Crippen LogP contribution in [0.4, 0.5) is 5.69 Å². The number of aromatic nitrogens is 2. The highest BCUT2D eigenvalue weighted by atomic mass is 32.1. The molecule has 7 heteroatoms. The normalized spacial score (nSPS) is 13.6. The van der Waals surface area contributed by atoms with Crippen molar-refractivity contribution in [2.75, 3.05) is 25.0 Å². The van der Waals surface area contributed by atoms with Crippen molar-refractivity contribution >= 4 is 33.1 Å². The van der Waals surface area contributed by atoms with Crippen LogP contribution in [0.3, 0.4) is 0 Å². The lowest BCUT2D eigenvalue weighted by Gasteiger charge is -2.21. The number of hydrogen-bond donors (Lipinski definition) is 1. The summed E-state index contributed by atoms with van der Waals surface area (Å²) in [5.41, 5.74) is 3.86. The van der Waals surface area contributed by atoms with E-state index in [1.807, 2.05) is 47.4 Å². The zero-order valence-electron chi connectivity index (χ0n) is 14.8. The molecule has 1 N–H and O–H groups in total. The first kappa shape index (κ1) is 16.9. The number of H-pyrrole nitrogens is 1. The van der Waals surface area contributed by atoms with Gasteiger partial charge in [-0.25, -0.2) is 4.98 Å². The molecule has 3 aromatic rings. The van der Waals surface area contributed by atoms with Gasteiger partial charge in [-0.3, -0.25) is 14.5 Å². The topological polar surface area (TPSA) is 69.3 Å². The van der Waals surface area contributed by atoms with Crippen LogP contribution in [-0.2, 0) is 17.8 Å². The zero-order valence-corrected chi connectivity index (χ0v) is 15.6. The number of carbonyl (C=O) groups excluding carboxylic acids is 1. The Bertz CT molecular complexity index is 1040. The minimum atomic E-state index is -0.115. The highest BCUT2D eigenvalue weighted by Gasteiger charge is 2.24. The average molecular weight is 368 g/mol. The number of anilines is 1. The SMILES string of the molecule is Cc1csc2c(=O)[nH]c(CN(C)CC(=O)N3CCc4ccccc43)nc12. The molecule has 0 spiro atoms. The van der Waals surface area contributed by atoms with E-state index in [4.69, 9.17) is 0 Å². The van der Waals surface area contributed by atoms with Crippen LogP contribution < -0.4 is 10.5 Å². The molecule has 26 heavy (non-hydrogen) atoms. The van der Waals surface area contributed by atoms with Gasteiger partial charge in [0.2, 0.25) is 5.91 Å². The molecule has 0 aliphatic carbocycles. The van der Waals surface area contributed by atoms with Crippen molar-refractivity contribution in [3.05, 3.63) is 57.0 Å². The van der Waals surface area contributed by atoms with E-state index in [9.17, 15) is 9.59 Å². The summed E-state index contributed by atoms with van der Waals surface area (Å²) >= 11 is 1.41. The lowest BCUT2D eigenvalue weighted by atomic mass is 10.2. The Balaban J connectivity index is 1.48. The molecule has 134 valence electrons. The summed E-state index contributed by atoms with van der Waals surface area (Å²) < 4.78 is 0.652.